The highest BCUT2D eigenvalue weighted by Gasteiger charge is 2.38. The van der Waals surface area contributed by atoms with E-state index in [9.17, 15) is 14.4 Å². The third-order valence-corrected chi connectivity index (χ3v) is 10.6. The summed E-state index contributed by atoms with van der Waals surface area (Å²) in [6.45, 7) is 3.01. The summed E-state index contributed by atoms with van der Waals surface area (Å²) in [5.74, 6) is 1.76. The Morgan fingerprint density at radius 3 is 1.87 bits per heavy atom. The molecule has 12 heteroatoms. The Morgan fingerprint density at radius 1 is 0.727 bits per heavy atom. The molecule has 2 atom stereocenters. The third-order valence-electron chi connectivity index (χ3n) is 10.6. The number of carbonyl (C=O) groups excluding carboxylic acids is 3. The van der Waals surface area contributed by atoms with E-state index in [2.05, 4.69) is 11.0 Å². The van der Waals surface area contributed by atoms with E-state index in [1.165, 1.54) is 0 Å². The van der Waals surface area contributed by atoms with Crippen molar-refractivity contribution in [2.24, 2.45) is 9.98 Å². The van der Waals surface area contributed by atoms with Crippen LogP contribution >= 0.6 is 0 Å². The quantitative estimate of drug-likeness (QED) is 0.135. The van der Waals surface area contributed by atoms with E-state index in [4.69, 9.17) is 28.9 Å². The highest BCUT2D eigenvalue weighted by Crippen LogP contribution is 2.43. The van der Waals surface area contributed by atoms with E-state index in [0.717, 1.165) is 47.6 Å². The van der Waals surface area contributed by atoms with Crippen LogP contribution in [0.15, 0.2) is 76.7 Å². The van der Waals surface area contributed by atoms with Crippen molar-refractivity contribution >= 4 is 58.5 Å². The zero-order valence-corrected chi connectivity index (χ0v) is 31.4. The number of rotatable bonds is 13. The summed E-state index contributed by atoms with van der Waals surface area (Å²) in [5.41, 5.74) is 6.97. The first kappa shape index (κ1) is 35.8. The number of hydrogen-bond donors (Lipinski definition) is 0. The molecule has 4 aliphatic heterocycles. The predicted octanol–water partition coefficient (Wildman–Crippen LogP) is 6.93. The molecule has 0 saturated heterocycles. The van der Waals surface area contributed by atoms with E-state index < -0.39 is 0 Å². The van der Waals surface area contributed by atoms with Gasteiger partial charge in [-0.05, 0) is 60.9 Å². The predicted molar refractivity (Wildman–Crippen MR) is 213 cm³/mol. The molecule has 0 spiro atoms. The molecule has 12 nitrogen and oxygen atoms in total. The van der Waals surface area contributed by atoms with E-state index in [1.807, 2.05) is 60.8 Å². The number of nitrogens with zero attached hydrogens (tertiary/aromatic N) is 5. The Balaban J connectivity index is 0.914. The van der Waals surface area contributed by atoms with Gasteiger partial charge in [0.05, 0.1) is 62.0 Å². The average molecular weight is 742 g/mol. The fourth-order valence-electron chi connectivity index (χ4n) is 7.78. The third kappa shape index (κ3) is 6.77. The number of aliphatic imine (C=N–C) groups is 2. The van der Waals surface area contributed by atoms with Crippen molar-refractivity contribution in [1.82, 2.24) is 0 Å². The van der Waals surface area contributed by atoms with Crippen LogP contribution in [0.5, 0.6) is 23.0 Å². The minimum absolute atomic E-state index is 0.122. The van der Waals surface area contributed by atoms with Gasteiger partial charge in [-0.15, -0.1) is 0 Å². The van der Waals surface area contributed by atoms with Gasteiger partial charge in [0.1, 0.15) is 5.78 Å². The number of carbonyl (C=O) groups is 3. The number of Topliss-reactive ketones (excluding diaryl/α,β-unsaturated/α-hetero) is 1. The van der Waals surface area contributed by atoms with Crippen LogP contribution < -0.4 is 33.6 Å². The first-order valence-electron chi connectivity index (χ1n) is 18.6. The average Bonchev–Trinajstić information content (AvgIpc) is 3.67. The van der Waals surface area contributed by atoms with Gasteiger partial charge >= 0.3 is 0 Å². The van der Waals surface area contributed by atoms with Crippen LogP contribution in [0.25, 0.3) is 0 Å². The second-order valence-corrected chi connectivity index (χ2v) is 14.2. The van der Waals surface area contributed by atoms with Gasteiger partial charge in [0.15, 0.2) is 23.0 Å². The zero-order valence-electron chi connectivity index (χ0n) is 31.4. The minimum Gasteiger partial charge on any atom is -0.493 e. The van der Waals surface area contributed by atoms with Crippen LogP contribution in [0.2, 0.25) is 0 Å². The first-order valence-corrected chi connectivity index (χ1v) is 18.6. The Hall–Kier alpha value is -6.17. The summed E-state index contributed by atoms with van der Waals surface area (Å²) >= 11 is 0. The molecule has 4 heterocycles. The van der Waals surface area contributed by atoms with Gasteiger partial charge in [-0.2, -0.15) is 0 Å². The maximum atomic E-state index is 14.0. The monoisotopic (exact) mass is 741 g/mol. The van der Waals surface area contributed by atoms with Crippen LogP contribution in [0.4, 0.5) is 28.4 Å². The summed E-state index contributed by atoms with van der Waals surface area (Å²) < 4.78 is 23.6. The van der Waals surface area contributed by atoms with Crippen LogP contribution in [0.1, 0.15) is 58.0 Å². The second-order valence-electron chi connectivity index (χ2n) is 14.2. The largest absolute Gasteiger partial charge is 0.493 e. The molecule has 0 N–H and O–H groups in total. The smallest absolute Gasteiger partial charge is 0.261 e. The first-order chi connectivity index (χ1) is 26.7. The van der Waals surface area contributed by atoms with Crippen molar-refractivity contribution in [3.63, 3.8) is 0 Å². The minimum atomic E-state index is -0.219. The lowest BCUT2D eigenvalue weighted by atomic mass is 10.1. The Labute approximate surface area is 320 Å². The summed E-state index contributed by atoms with van der Waals surface area (Å²) in [6.07, 6.45) is 6.91. The van der Waals surface area contributed by atoms with Crippen molar-refractivity contribution in [3.05, 3.63) is 89.0 Å². The molecular weight excluding hydrogens is 699 g/mol. The molecular formula is C43H43N5O7. The van der Waals surface area contributed by atoms with Gasteiger partial charge in [-0.3, -0.25) is 29.4 Å². The number of hydrogen-bond acceptors (Lipinski definition) is 10. The van der Waals surface area contributed by atoms with Gasteiger partial charge in [0, 0.05) is 80.9 Å². The molecule has 0 saturated carbocycles. The summed E-state index contributed by atoms with van der Waals surface area (Å²) in [5, 5.41) is 0. The molecule has 4 aromatic rings. The number of fused-ring (bicyclic) bond motifs is 8. The number of ketones is 1. The van der Waals surface area contributed by atoms with Gasteiger partial charge in [-0.25, -0.2) is 0 Å². The molecule has 0 aromatic heterocycles. The van der Waals surface area contributed by atoms with Crippen LogP contribution in [0, 0.1) is 0 Å². The highest BCUT2D eigenvalue weighted by atomic mass is 16.5. The summed E-state index contributed by atoms with van der Waals surface area (Å²) in [7, 11) is 5.12. The van der Waals surface area contributed by atoms with Crippen molar-refractivity contribution in [3.8, 4) is 23.0 Å². The Morgan fingerprint density at radius 2 is 1.29 bits per heavy atom. The molecule has 55 heavy (non-hydrogen) atoms. The fraction of sp³-hybridized carbons (Fsp3) is 0.326. The van der Waals surface area contributed by atoms with Gasteiger partial charge in [0.2, 0.25) is 0 Å². The van der Waals surface area contributed by atoms with E-state index in [0.29, 0.717) is 78.0 Å². The van der Waals surface area contributed by atoms with Gasteiger partial charge < -0.3 is 28.6 Å². The molecule has 0 unspecified atom stereocenters. The van der Waals surface area contributed by atoms with Gasteiger partial charge in [0.25, 0.3) is 11.8 Å². The number of para-hydroxylation sites is 1. The van der Waals surface area contributed by atoms with Crippen molar-refractivity contribution in [2.45, 2.75) is 51.1 Å². The fourth-order valence-corrected chi connectivity index (χ4v) is 7.78. The molecule has 0 aliphatic carbocycles. The maximum Gasteiger partial charge on any atom is 0.261 e. The molecule has 0 bridgehead atoms. The number of methoxy groups -OCH3 is 2. The zero-order chi connectivity index (χ0) is 38.2. The molecule has 8 rings (SSSR count). The topological polar surface area (TPSA) is 123 Å². The number of amides is 2. The van der Waals surface area contributed by atoms with E-state index in [1.54, 1.807) is 50.3 Å². The molecule has 2 amide bonds. The lowest BCUT2D eigenvalue weighted by Gasteiger charge is -2.23. The van der Waals surface area contributed by atoms with Gasteiger partial charge in [-0.1, -0.05) is 18.2 Å². The van der Waals surface area contributed by atoms with Crippen molar-refractivity contribution < 1.29 is 33.3 Å². The maximum absolute atomic E-state index is 14.0. The molecule has 0 radical (unpaired) electrons. The lowest BCUT2D eigenvalue weighted by Crippen LogP contribution is -2.37. The molecule has 0 fully saturated rings. The number of ether oxygens (including phenoxy) is 4. The summed E-state index contributed by atoms with van der Waals surface area (Å²) in [4.78, 5) is 54.4. The molecule has 4 aromatic carbocycles. The van der Waals surface area contributed by atoms with Crippen molar-refractivity contribution in [2.75, 3.05) is 55.7 Å². The van der Waals surface area contributed by atoms with E-state index in [-0.39, 0.29) is 29.7 Å². The normalized spacial score (nSPS) is 17.3. The highest BCUT2D eigenvalue weighted by molar-refractivity contribution is 6.16. The SMILES string of the molecule is COc1cc2c(cc1OCCCOc1cc3c(cc1OC)C(=O)N1c4ccc(N(C)CCCC(C)=O)cc4C[C@H]1C=N3)N=C[C@@H]1Cc3ccccc3N1C2=O. The summed E-state index contributed by atoms with van der Waals surface area (Å²) in [6, 6.07) is 20.6. The van der Waals surface area contributed by atoms with Crippen LogP contribution in [-0.4, -0.2) is 83.1 Å². The second kappa shape index (κ2) is 14.9. The standard InChI is InChI=1S/C43H43N5O7/c1-26(49)9-7-14-46(2)29-12-13-37-28(18-29)19-31-25-45-35-23-41(39(53-4)21-33(35)43(51)48(31)37)55-16-8-15-54-40-22-34-32(20-38(40)52-3)42(50)47-30(24-44-34)17-27-10-5-6-11-36(27)47/h5-6,10-13,18,20-25,30-31H,7-9,14-17,19H2,1-4H3/t30-,31-/m0/s1. The van der Waals surface area contributed by atoms with Crippen LogP contribution in [0.3, 0.4) is 0 Å². The molecule has 4 aliphatic rings. The van der Waals surface area contributed by atoms with Crippen LogP contribution in [-0.2, 0) is 17.6 Å². The Bertz CT molecular complexity index is 2250. The number of benzene rings is 4. The lowest BCUT2D eigenvalue weighted by molar-refractivity contribution is -0.117. The van der Waals surface area contributed by atoms with E-state index >= 15 is 0 Å². The molecule has 282 valence electrons. The number of anilines is 3. The Kier molecular flexibility index (Phi) is 9.73. The van der Waals surface area contributed by atoms with Crippen molar-refractivity contribution in [1.29, 1.82) is 0 Å².